The zero-order valence-electron chi connectivity index (χ0n) is 10.7. The summed E-state index contributed by atoms with van der Waals surface area (Å²) in [6.07, 6.45) is 2.14. The molecule has 4 heteroatoms. The van der Waals surface area contributed by atoms with E-state index >= 15 is 0 Å². The summed E-state index contributed by atoms with van der Waals surface area (Å²) in [5, 5.41) is 8.96. The number of hydrogen-bond acceptors (Lipinski definition) is 3. The Morgan fingerprint density at radius 3 is 3.00 bits per heavy atom. The standard InChI is InChI=1S/C14H20BrNO2/c1-18-14-3-2-12(8-13(14)15)10-16-6-4-11(9-16)5-7-17/h2-3,8,11,17H,4-7,9-10H2,1H3. The van der Waals surface area contributed by atoms with Crippen LogP contribution in [0.25, 0.3) is 0 Å². The molecule has 1 heterocycles. The fourth-order valence-corrected chi connectivity index (χ4v) is 3.13. The van der Waals surface area contributed by atoms with E-state index in [0.29, 0.717) is 12.5 Å². The maximum absolute atomic E-state index is 8.96. The summed E-state index contributed by atoms with van der Waals surface area (Å²) < 4.78 is 6.24. The number of likely N-dealkylation sites (tertiary alicyclic amines) is 1. The topological polar surface area (TPSA) is 32.7 Å². The molecule has 1 saturated heterocycles. The van der Waals surface area contributed by atoms with Crippen LogP contribution in [0, 0.1) is 5.92 Å². The van der Waals surface area contributed by atoms with Crippen molar-refractivity contribution in [2.45, 2.75) is 19.4 Å². The van der Waals surface area contributed by atoms with Gasteiger partial charge in [0.1, 0.15) is 5.75 Å². The third-order valence-corrected chi connectivity index (χ3v) is 4.15. The second-order valence-electron chi connectivity index (χ2n) is 4.87. The van der Waals surface area contributed by atoms with E-state index in [9.17, 15) is 0 Å². The van der Waals surface area contributed by atoms with Gasteiger partial charge in [0, 0.05) is 19.7 Å². The second-order valence-corrected chi connectivity index (χ2v) is 5.73. The van der Waals surface area contributed by atoms with Crippen molar-refractivity contribution < 1.29 is 9.84 Å². The number of aliphatic hydroxyl groups excluding tert-OH is 1. The van der Waals surface area contributed by atoms with Gasteiger partial charge in [0.15, 0.2) is 0 Å². The Hall–Kier alpha value is -0.580. The number of hydrogen-bond donors (Lipinski definition) is 1. The van der Waals surface area contributed by atoms with E-state index in [-0.39, 0.29) is 0 Å². The highest BCUT2D eigenvalue weighted by Gasteiger charge is 2.21. The molecule has 0 radical (unpaired) electrons. The quantitative estimate of drug-likeness (QED) is 0.907. The van der Waals surface area contributed by atoms with E-state index in [1.54, 1.807) is 7.11 Å². The Bertz CT molecular complexity index is 397. The maximum Gasteiger partial charge on any atom is 0.133 e. The molecule has 0 spiro atoms. The van der Waals surface area contributed by atoms with Gasteiger partial charge in [-0.2, -0.15) is 0 Å². The smallest absolute Gasteiger partial charge is 0.133 e. The number of ether oxygens (including phenoxy) is 1. The molecule has 1 fully saturated rings. The predicted octanol–water partition coefficient (Wildman–Crippen LogP) is 2.66. The zero-order valence-corrected chi connectivity index (χ0v) is 12.3. The Morgan fingerprint density at radius 2 is 2.33 bits per heavy atom. The monoisotopic (exact) mass is 313 g/mol. The molecule has 1 aliphatic heterocycles. The van der Waals surface area contributed by atoms with Crippen LogP contribution in [0.1, 0.15) is 18.4 Å². The average molecular weight is 314 g/mol. The van der Waals surface area contributed by atoms with Gasteiger partial charge in [0.05, 0.1) is 11.6 Å². The van der Waals surface area contributed by atoms with Gasteiger partial charge in [-0.05, 0) is 58.9 Å². The summed E-state index contributed by atoms with van der Waals surface area (Å²) >= 11 is 3.52. The van der Waals surface area contributed by atoms with Crippen LogP contribution in [0.4, 0.5) is 0 Å². The van der Waals surface area contributed by atoms with E-state index in [2.05, 4.69) is 33.0 Å². The highest BCUT2D eigenvalue weighted by atomic mass is 79.9. The Kier molecular flexibility index (Phi) is 5.03. The molecular formula is C14H20BrNO2. The average Bonchev–Trinajstić information content (AvgIpc) is 2.77. The number of methoxy groups -OCH3 is 1. The van der Waals surface area contributed by atoms with Crippen LogP contribution in [0.15, 0.2) is 22.7 Å². The van der Waals surface area contributed by atoms with Crippen LogP contribution in [-0.2, 0) is 6.54 Å². The minimum Gasteiger partial charge on any atom is -0.496 e. The minimum absolute atomic E-state index is 0.312. The number of rotatable bonds is 5. The summed E-state index contributed by atoms with van der Waals surface area (Å²) in [7, 11) is 1.68. The first-order valence-electron chi connectivity index (χ1n) is 6.38. The molecule has 1 aromatic carbocycles. The number of aliphatic hydroxyl groups is 1. The molecule has 2 rings (SSSR count). The zero-order chi connectivity index (χ0) is 13.0. The number of halogens is 1. The largest absolute Gasteiger partial charge is 0.496 e. The summed E-state index contributed by atoms with van der Waals surface area (Å²) in [5.41, 5.74) is 1.30. The molecule has 1 aromatic rings. The first-order valence-corrected chi connectivity index (χ1v) is 7.18. The SMILES string of the molecule is COc1ccc(CN2CCC(CCO)C2)cc1Br. The summed E-state index contributed by atoms with van der Waals surface area (Å²) in [5.74, 6) is 1.54. The molecule has 3 nitrogen and oxygen atoms in total. The Balaban J connectivity index is 1.92. The van der Waals surface area contributed by atoms with E-state index in [1.165, 1.54) is 12.0 Å². The summed E-state index contributed by atoms with van der Waals surface area (Å²) in [6.45, 7) is 3.52. The van der Waals surface area contributed by atoms with Crippen LogP contribution in [0.5, 0.6) is 5.75 Å². The van der Waals surface area contributed by atoms with E-state index < -0.39 is 0 Å². The maximum atomic E-state index is 8.96. The normalized spacial score (nSPS) is 20.3. The highest BCUT2D eigenvalue weighted by molar-refractivity contribution is 9.10. The van der Waals surface area contributed by atoms with Gasteiger partial charge >= 0.3 is 0 Å². The number of nitrogens with zero attached hydrogens (tertiary/aromatic N) is 1. The first kappa shape index (κ1) is 13.8. The molecule has 100 valence electrons. The molecule has 18 heavy (non-hydrogen) atoms. The van der Waals surface area contributed by atoms with E-state index in [4.69, 9.17) is 9.84 Å². The molecule has 0 aliphatic carbocycles. The molecule has 0 aromatic heterocycles. The lowest BCUT2D eigenvalue weighted by atomic mass is 10.1. The fourth-order valence-electron chi connectivity index (χ4n) is 2.54. The Labute approximate surface area is 117 Å². The third-order valence-electron chi connectivity index (χ3n) is 3.53. The van der Waals surface area contributed by atoms with E-state index in [1.807, 2.05) is 6.07 Å². The van der Waals surface area contributed by atoms with E-state index in [0.717, 1.165) is 36.3 Å². The second kappa shape index (κ2) is 6.55. The van der Waals surface area contributed by atoms with Crippen LogP contribution in [-0.4, -0.2) is 36.8 Å². The van der Waals surface area contributed by atoms with Gasteiger partial charge in [-0.25, -0.2) is 0 Å². The van der Waals surface area contributed by atoms with Crippen LogP contribution in [0.2, 0.25) is 0 Å². The van der Waals surface area contributed by atoms with Gasteiger partial charge in [-0.15, -0.1) is 0 Å². The van der Waals surface area contributed by atoms with Crippen molar-refractivity contribution in [3.8, 4) is 5.75 Å². The summed E-state index contributed by atoms with van der Waals surface area (Å²) in [6, 6.07) is 6.24. The molecule has 0 amide bonds. The molecule has 1 unspecified atom stereocenters. The first-order chi connectivity index (χ1) is 8.72. The highest BCUT2D eigenvalue weighted by Crippen LogP contribution is 2.27. The van der Waals surface area contributed by atoms with Gasteiger partial charge in [-0.1, -0.05) is 6.07 Å². The lowest BCUT2D eigenvalue weighted by molar-refractivity contribution is 0.249. The Morgan fingerprint density at radius 1 is 1.50 bits per heavy atom. The predicted molar refractivity (Wildman–Crippen MR) is 75.8 cm³/mol. The minimum atomic E-state index is 0.312. The van der Waals surface area contributed by atoms with Crippen molar-refractivity contribution in [1.82, 2.24) is 4.90 Å². The van der Waals surface area contributed by atoms with Gasteiger partial charge in [0.25, 0.3) is 0 Å². The molecule has 1 aliphatic rings. The van der Waals surface area contributed by atoms with Crippen molar-refractivity contribution in [2.24, 2.45) is 5.92 Å². The van der Waals surface area contributed by atoms with Crippen molar-refractivity contribution in [3.05, 3.63) is 28.2 Å². The van der Waals surface area contributed by atoms with Gasteiger partial charge in [-0.3, -0.25) is 4.90 Å². The third kappa shape index (κ3) is 3.46. The lowest BCUT2D eigenvalue weighted by Crippen LogP contribution is -2.20. The van der Waals surface area contributed by atoms with Crippen molar-refractivity contribution >= 4 is 15.9 Å². The van der Waals surface area contributed by atoms with Crippen molar-refractivity contribution in [2.75, 3.05) is 26.8 Å². The van der Waals surface area contributed by atoms with Crippen LogP contribution in [0.3, 0.4) is 0 Å². The van der Waals surface area contributed by atoms with Gasteiger partial charge < -0.3 is 9.84 Å². The molecule has 0 saturated carbocycles. The summed E-state index contributed by atoms with van der Waals surface area (Å²) in [4.78, 5) is 2.45. The van der Waals surface area contributed by atoms with Crippen molar-refractivity contribution in [3.63, 3.8) is 0 Å². The molecule has 1 atom stereocenters. The van der Waals surface area contributed by atoms with Crippen LogP contribution >= 0.6 is 15.9 Å². The molecule has 0 bridgehead atoms. The van der Waals surface area contributed by atoms with Crippen molar-refractivity contribution in [1.29, 1.82) is 0 Å². The van der Waals surface area contributed by atoms with Gasteiger partial charge in [0.2, 0.25) is 0 Å². The molecular weight excluding hydrogens is 294 g/mol. The number of benzene rings is 1. The molecule has 1 N–H and O–H groups in total. The lowest BCUT2D eigenvalue weighted by Gasteiger charge is -2.16. The fraction of sp³-hybridized carbons (Fsp3) is 0.571. The van der Waals surface area contributed by atoms with Crippen LogP contribution < -0.4 is 4.74 Å².